The van der Waals surface area contributed by atoms with Gasteiger partial charge in [0.25, 0.3) is 0 Å². The number of nitrogens with one attached hydrogen (secondary N) is 1. The van der Waals surface area contributed by atoms with Crippen LogP contribution in [0.1, 0.15) is 25.3 Å². The van der Waals surface area contributed by atoms with Gasteiger partial charge in [0.2, 0.25) is 21.8 Å². The van der Waals surface area contributed by atoms with Crippen LogP contribution in [0.5, 0.6) is 11.5 Å². The van der Waals surface area contributed by atoms with E-state index in [-0.39, 0.29) is 36.5 Å². The van der Waals surface area contributed by atoms with Gasteiger partial charge in [-0.05, 0) is 50.1 Å². The molecule has 0 unspecified atom stereocenters. The largest absolute Gasteiger partial charge is 0.497 e. The first-order valence-corrected chi connectivity index (χ1v) is 12.5. The molecule has 1 aliphatic carbocycles. The van der Waals surface area contributed by atoms with E-state index in [9.17, 15) is 18.0 Å². The predicted octanol–water partition coefficient (Wildman–Crippen LogP) is 1.77. The molecule has 1 N–H and O–H groups in total. The predicted molar refractivity (Wildman–Crippen MR) is 125 cm³/mol. The lowest BCUT2D eigenvalue weighted by Gasteiger charge is -2.47. The second kappa shape index (κ2) is 9.27. The highest BCUT2D eigenvalue weighted by atomic mass is 32.2. The van der Waals surface area contributed by atoms with Crippen LogP contribution in [0.15, 0.2) is 53.4 Å². The van der Waals surface area contributed by atoms with E-state index in [0.29, 0.717) is 11.5 Å². The molecular formula is C24H29N3O6S. The number of hydrogen-bond donors (Lipinski definition) is 1. The molecule has 0 aromatic heterocycles. The number of methoxy groups -OCH3 is 2. The van der Waals surface area contributed by atoms with Gasteiger partial charge in [0.15, 0.2) is 0 Å². The highest BCUT2D eigenvalue weighted by molar-refractivity contribution is 7.89. The fraction of sp³-hybridized carbons (Fsp3) is 0.417. The van der Waals surface area contributed by atoms with Gasteiger partial charge in [0, 0.05) is 24.7 Å². The van der Waals surface area contributed by atoms with E-state index < -0.39 is 21.5 Å². The van der Waals surface area contributed by atoms with E-state index in [1.807, 2.05) is 18.2 Å². The molecule has 2 fully saturated rings. The van der Waals surface area contributed by atoms with Crippen LogP contribution in [0.3, 0.4) is 0 Å². The summed E-state index contributed by atoms with van der Waals surface area (Å²) in [6.45, 7) is 1.38. The molecule has 2 aliphatic rings. The molecule has 2 amide bonds. The second-order valence-corrected chi connectivity index (χ2v) is 10.6. The Labute approximate surface area is 199 Å². The zero-order valence-corrected chi connectivity index (χ0v) is 20.3. The topological polar surface area (TPSA) is 105 Å². The Bertz CT molecular complexity index is 1180. The molecule has 1 saturated carbocycles. The average Bonchev–Trinajstić information content (AvgIpc) is 3.67. The van der Waals surface area contributed by atoms with Gasteiger partial charge in [-0.15, -0.1) is 0 Å². The summed E-state index contributed by atoms with van der Waals surface area (Å²) in [4.78, 5) is 28.3. The van der Waals surface area contributed by atoms with Crippen LogP contribution in [0.25, 0.3) is 0 Å². The maximum absolute atomic E-state index is 13.5. The van der Waals surface area contributed by atoms with E-state index >= 15 is 0 Å². The van der Waals surface area contributed by atoms with Crippen molar-refractivity contribution in [2.24, 2.45) is 0 Å². The normalized spacial score (nSPS) is 21.3. The minimum atomic E-state index is -4.00. The number of benzene rings is 2. The first kappa shape index (κ1) is 24.0. The maximum atomic E-state index is 13.5. The molecule has 0 bridgehead atoms. The number of nitrogens with zero attached hydrogens (tertiary/aromatic N) is 2. The van der Waals surface area contributed by atoms with Crippen LogP contribution in [0.2, 0.25) is 0 Å². The maximum Gasteiger partial charge on any atom is 0.247 e. The third kappa shape index (κ3) is 4.47. The standard InChI is InChI=1S/C24H29N3O6S/c1-24(23(29)25-14-17-6-4-5-7-21(17)33-3)16-26(15-22(28)27(24)18-8-9-18)34(30,31)20-12-10-19(32-2)11-13-20/h4-7,10-13,18H,8-9,14-16H2,1-3H3,(H,25,29)/t24-/m1/s1. The highest BCUT2D eigenvalue weighted by Gasteiger charge is 2.54. The van der Waals surface area contributed by atoms with Crippen LogP contribution in [-0.4, -0.2) is 68.3 Å². The summed E-state index contributed by atoms with van der Waals surface area (Å²) in [5, 5.41) is 2.89. The summed E-state index contributed by atoms with van der Waals surface area (Å²) in [6.07, 6.45) is 1.60. The Morgan fingerprint density at radius 3 is 2.38 bits per heavy atom. The van der Waals surface area contributed by atoms with Crippen LogP contribution in [0.4, 0.5) is 0 Å². The summed E-state index contributed by atoms with van der Waals surface area (Å²) >= 11 is 0. The lowest BCUT2D eigenvalue weighted by molar-refractivity contribution is -0.153. The zero-order valence-electron chi connectivity index (χ0n) is 19.5. The van der Waals surface area contributed by atoms with Crippen molar-refractivity contribution in [2.45, 2.75) is 42.8 Å². The van der Waals surface area contributed by atoms with Crippen LogP contribution < -0.4 is 14.8 Å². The van der Waals surface area contributed by atoms with Crippen molar-refractivity contribution in [2.75, 3.05) is 27.3 Å². The fourth-order valence-electron chi connectivity index (χ4n) is 4.38. The SMILES string of the molecule is COc1ccc(S(=O)(=O)N2CC(=O)N(C3CC3)[C@@](C)(C(=O)NCc3ccccc3OC)C2)cc1. The molecule has 1 saturated heterocycles. The number of hydrogen-bond acceptors (Lipinski definition) is 6. The number of amides is 2. The van der Waals surface area contributed by atoms with E-state index in [2.05, 4.69) is 5.32 Å². The lowest BCUT2D eigenvalue weighted by Crippen LogP contribution is -2.70. The number of ether oxygens (including phenoxy) is 2. The molecule has 2 aromatic carbocycles. The Hall–Kier alpha value is -3.11. The van der Waals surface area contributed by atoms with Gasteiger partial charge in [-0.1, -0.05) is 18.2 Å². The van der Waals surface area contributed by atoms with Crippen molar-refractivity contribution < 1.29 is 27.5 Å². The summed E-state index contributed by atoms with van der Waals surface area (Å²) in [5.74, 6) is 0.374. The third-order valence-electron chi connectivity index (χ3n) is 6.33. The van der Waals surface area contributed by atoms with Crippen LogP contribution in [0, 0.1) is 0 Å². The van der Waals surface area contributed by atoms with Gasteiger partial charge in [-0.2, -0.15) is 4.31 Å². The zero-order chi connectivity index (χ0) is 24.5. The lowest BCUT2D eigenvalue weighted by atomic mass is 9.95. The molecule has 10 heteroatoms. The molecule has 1 atom stereocenters. The van der Waals surface area contributed by atoms with Gasteiger partial charge in [-0.25, -0.2) is 8.42 Å². The molecule has 34 heavy (non-hydrogen) atoms. The Morgan fingerprint density at radius 1 is 1.09 bits per heavy atom. The van der Waals surface area contributed by atoms with E-state index in [1.165, 1.54) is 19.2 Å². The Balaban J connectivity index is 1.60. The van der Waals surface area contributed by atoms with Crippen molar-refractivity contribution in [3.63, 3.8) is 0 Å². The molecule has 2 aromatic rings. The third-order valence-corrected chi connectivity index (χ3v) is 8.13. The Morgan fingerprint density at radius 2 is 1.76 bits per heavy atom. The van der Waals surface area contributed by atoms with Crippen LogP contribution in [-0.2, 0) is 26.2 Å². The van der Waals surface area contributed by atoms with Crippen molar-refractivity contribution in [3.8, 4) is 11.5 Å². The monoisotopic (exact) mass is 487 g/mol. The van der Waals surface area contributed by atoms with Gasteiger partial charge in [-0.3, -0.25) is 9.59 Å². The van der Waals surface area contributed by atoms with Crippen molar-refractivity contribution >= 4 is 21.8 Å². The highest BCUT2D eigenvalue weighted by Crippen LogP contribution is 2.37. The molecule has 4 rings (SSSR count). The second-order valence-electron chi connectivity index (χ2n) is 8.71. The molecule has 1 heterocycles. The molecular weight excluding hydrogens is 458 g/mol. The van der Waals surface area contributed by atoms with Crippen LogP contribution >= 0.6 is 0 Å². The van der Waals surface area contributed by atoms with Gasteiger partial charge in [0.1, 0.15) is 17.0 Å². The smallest absolute Gasteiger partial charge is 0.247 e. The Kier molecular flexibility index (Phi) is 6.55. The molecule has 9 nitrogen and oxygen atoms in total. The molecule has 0 spiro atoms. The van der Waals surface area contributed by atoms with Gasteiger partial charge in [0.05, 0.1) is 25.7 Å². The first-order valence-electron chi connectivity index (χ1n) is 11.1. The summed E-state index contributed by atoms with van der Waals surface area (Å²) in [6, 6.07) is 13.2. The van der Waals surface area contributed by atoms with E-state index in [1.54, 1.807) is 37.1 Å². The quantitative estimate of drug-likeness (QED) is 0.609. The van der Waals surface area contributed by atoms with Crippen molar-refractivity contribution in [1.82, 2.24) is 14.5 Å². The number of piperazine rings is 1. The van der Waals surface area contributed by atoms with E-state index in [4.69, 9.17) is 9.47 Å². The minimum Gasteiger partial charge on any atom is -0.497 e. The summed E-state index contributed by atoms with van der Waals surface area (Å²) < 4.78 is 38.3. The van der Waals surface area contributed by atoms with Gasteiger partial charge < -0.3 is 19.7 Å². The number of carbonyl (C=O) groups is 2. The number of rotatable bonds is 8. The van der Waals surface area contributed by atoms with Gasteiger partial charge >= 0.3 is 0 Å². The first-order chi connectivity index (χ1) is 16.2. The fourth-order valence-corrected chi connectivity index (χ4v) is 5.86. The summed E-state index contributed by atoms with van der Waals surface area (Å²) in [7, 11) is -0.952. The molecule has 1 aliphatic heterocycles. The average molecular weight is 488 g/mol. The minimum absolute atomic E-state index is 0.0396. The number of carbonyl (C=O) groups excluding carboxylic acids is 2. The molecule has 0 radical (unpaired) electrons. The molecule has 182 valence electrons. The van der Waals surface area contributed by atoms with Crippen molar-refractivity contribution in [3.05, 3.63) is 54.1 Å². The summed E-state index contributed by atoms with van der Waals surface area (Å²) in [5.41, 5.74) is -0.567. The number of para-hydroxylation sites is 1. The van der Waals surface area contributed by atoms with Crippen molar-refractivity contribution in [1.29, 1.82) is 0 Å². The number of sulfonamides is 1. The van der Waals surface area contributed by atoms with E-state index in [0.717, 1.165) is 22.7 Å².